The van der Waals surface area contributed by atoms with Crippen molar-refractivity contribution in [2.75, 3.05) is 13.1 Å². The molecule has 1 fully saturated rings. The largest absolute Gasteiger partial charge is 0.338 e. The van der Waals surface area contributed by atoms with Crippen LogP contribution in [0.3, 0.4) is 0 Å². The average molecular weight is 307 g/mol. The van der Waals surface area contributed by atoms with Crippen molar-refractivity contribution in [3.63, 3.8) is 0 Å². The standard InChI is InChI=1S/C17H17N5O/c18-9-13-4-3-12(10-19-13)17(23)22-7-5-14-15(6-8-22)20-21-16(14)11-1-2-11/h3-4,10-11H,1-2,5-8H2,(H,20,21). The smallest absolute Gasteiger partial charge is 0.255 e. The number of fused-ring (bicyclic) bond motifs is 1. The number of nitriles is 1. The number of amides is 1. The van der Waals surface area contributed by atoms with E-state index in [0.29, 0.717) is 30.3 Å². The van der Waals surface area contributed by atoms with Gasteiger partial charge in [-0.15, -0.1) is 0 Å². The molecule has 2 aliphatic rings. The summed E-state index contributed by atoms with van der Waals surface area (Å²) >= 11 is 0. The average Bonchev–Trinajstić information content (AvgIpc) is 3.39. The number of hydrogen-bond acceptors (Lipinski definition) is 4. The quantitative estimate of drug-likeness (QED) is 0.916. The van der Waals surface area contributed by atoms with E-state index in [1.54, 1.807) is 12.1 Å². The maximum Gasteiger partial charge on any atom is 0.255 e. The summed E-state index contributed by atoms with van der Waals surface area (Å²) in [7, 11) is 0. The molecule has 0 saturated heterocycles. The van der Waals surface area contributed by atoms with Crippen molar-refractivity contribution in [3.8, 4) is 6.07 Å². The highest BCUT2D eigenvalue weighted by Gasteiger charge is 2.31. The Labute approximate surface area is 134 Å². The summed E-state index contributed by atoms with van der Waals surface area (Å²) in [6.45, 7) is 1.38. The number of pyridine rings is 1. The lowest BCUT2D eigenvalue weighted by Gasteiger charge is -2.20. The second-order valence-electron chi connectivity index (χ2n) is 6.18. The molecule has 0 bridgehead atoms. The molecule has 0 unspecified atom stereocenters. The molecule has 3 heterocycles. The van der Waals surface area contributed by atoms with Crippen LogP contribution >= 0.6 is 0 Å². The van der Waals surface area contributed by atoms with Crippen LogP contribution in [0.15, 0.2) is 18.3 Å². The molecule has 2 aromatic rings. The van der Waals surface area contributed by atoms with Gasteiger partial charge in [0.15, 0.2) is 0 Å². The molecule has 2 aromatic heterocycles. The van der Waals surface area contributed by atoms with Gasteiger partial charge >= 0.3 is 0 Å². The number of carbonyl (C=O) groups excluding carboxylic acids is 1. The molecule has 0 atom stereocenters. The van der Waals surface area contributed by atoms with E-state index in [4.69, 9.17) is 5.26 Å². The monoisotopic (exact) mass is 307 g/mol. The number of rotatable bonds is 2. The first-order valence-electron chi connectivity index (χ1n) is 7.97. The zero-order chi connectivity index (χ0) is 15.8. The van der Waals surface area contributed by atoms with Crippen LogP contribution in [-0.2, 0) is 12.8 Å². The minimum atomic E-state index is -0.0203. The molecule has 23 heavy (non-hydrogen) atoms. The summed E-state index contributed by atoms with van der Waals surface area (Å²) in [6, 6.07) is 5.23. The number of hydrogen-bond donors (Lipinski definition) is 1. The van der Waals surface area contributed by atoms with Crippen LogP contribution in [0.1, 0.15) is 51.8 Å². The van der Waals surface area contributed by atoms with Crippen LogP contribution in [0, 0.1) is 11.3 Å². The van der Waals surface area contributed by atoms with E-state index >= 15 is 0 Å². The highest BCUT2D eigenvalue weighted by Crippen LogP contribution is 2.41. The molecule has 1 N–H and O–H groups in total. The maximum absolute atomic E-state index is 12.6. The molecule has 1 amide bonds. The molecule has 6 heteroatoms. The Morgan fingerprint density at radius 1 is 1.30 bits per heavy atom. The van der Waals surface area contributed by atoms with E-state index in [9.17, 15) is 4.79 Å². The molecule has 0 spiro atoms. The number of H-pyrrole nitrogens is 1. The number of aromatic amines is 1. The Hall–Kier alpha value is -2.68. The van der Waals surface area contributed by atoms with Gasteiger partial charge in [-0.25, -0.2) is 4.98 Å². The van der Waals surface area contributed by atoms with Crippen LogP contribution < -0.4 is 0 Å². The topological polar surface area (TPSA) is 85.7 Å². The molecule has 6 nitrogen and oxygen atoms in total. The van der Waals surface area contributed by atoms with Gasteiger partial charge in [0.1, 0.15) is 11.8 Å². The second-order valence-corrected chi connectivity index (χ2v) is 6.18. The normalized spacial score (nSPS) is 17.3. The fourth-order valence-electron chi connectivity index (χ4n) is 3.17. The molecular formula is C17H17N5O. The summed E-state index contributed by atoms with van der Waals surface area (Å²) in [5, 5.41) is 16.4. The summed E-state index contributed by atoms with van der Waals surface area (Å²) in [4.78, 5) is 18.5. The lowest BCUT2D eigenvalue weighted by molar-refractivity contribution is 0.0762. The summed E-state index contributed by atoms with van der Waals surface area (Å²) in [6.07, 6.45) is 5.62. The first-order valence-corrected chi connectivity index (χ1v) is 7.97. The van der Waals surface area contributed by atoms with Crippen LogP contribution in [0.2, 0.25) is 0 Å². The van der Waals surface area contributed by atoms with Gasteiger partial charge in [-0.2, -0.15) is 10.4 Å². The van der Waals surface area contributed by atoms with Crippen molar-refractivity contribution < 1.29 is 4.79 Å². The molecule has 116 valence electrons. The van der Waals surface area contributed by atoms with E-state index in [-0.39, 0.29) is 5.91 Å². The van der Waals surface area contributed by atoms with E-state index in [0.717, 1.165) is 12.8 Å². The third kappa shape index (κ3) is 2.59. The van der Waals surface area contributed by atoms with Crippen molar-refractivity contribution in [3.05, 3.63) is 46.5 Å². The van der Waals surface area contributed by atoms with Gasteiger partial charge < -0.3 is 4.90 Å². The Kier molecular flexibility index (Phi) is 3.34. The maximum atomic E-state index is 12.6. The molecule has 1 aliphatic carbocycles. The third-order valence-electron chi connectivity index (χ3n) is 4.62. The predicted octanol–water partition coefficient (Wildman–Crippen LogP) is 1.79. The lowest BCUT2D eigenvalue weighted by Crippen LogP contribution is -2.33. The van der Waals surface area contributed by atoms with Gasteiger partial charge in [0.05, 0.1) is 11.3 Å². The fourth-order valence-corrected chi connectivity index (χ4v) is 3.17. The van der Waals surface area contributed by atoms with Gasteiger partial charge in [-0.05, 0) is 37.0 Å². The zero-order valence-electron chi connectivity index (χ0n) is 12.7. The molecule has 1 aliphatic heterocycles. The first kappa shape index (κ1) is 13.9. The third-order valence-corrected chi connectivity index (χ3v) is 4.62. The minimum Gasteiger partial charge on any atom is -0.338 e. The van der Waals surface area contributed by atoms with Crippen LogP contribution in [0.4, 0.5) is 0 Å². The number of nitrogens with one attached hydrogen (secondary N) is 1. The van der Waals surface area contributed by atoms with E-state index in [2.05, 4.69) is 15.2 Å². The lowest BCUT2D eigenvalue weighted by atomic mass is 10.1. The van der Waals surface area contributed by atoms with E-state index in [1.807, 2.05) is 11.0 Å². The number of aromatic nitrogens is 3. The summed E-state index contributed by atoms with van der Waals surface area (Å²) < 4.78 is 0. The molecular weight excluding hydrogens is 290 g/mol. The Morgan fingerprint density at radius 2 is 2.13 bits per heavy atom. The van der Waals surface area contributed by atoms with Crippen molar-refractivity contribution in [1.29, 1.82) is 5.26 Å². The first-order chi connectivity index (χ1) is 11.3. The highest BCUT2D eigenvalue weighted by molar-refractivity contribution is 5.94. The van der Waals surface area contributed by atoms with Gasteiger partial charge in [0, 0.05) is 37.3 Å². The van der Waals surface area contributed by atoms with Gasteiger partial charge in [-0.3, -0.25) is 9.89 Å². The van der Waals surface area contributed by atoms with Crippen molar-refractivity contribution in [1.82, 2.24) is 20.1 Å². The van der Waals surface area contributed by atoms with E-state index in [1.165, 1.54) is 36.0 Å². The Morgan fingerprint density at radius 3 is 2.83 bits per heavy atom. The summed E-state index contributed by atoms with van der Waals surface area (Å²) in [5.74, 6) is 0.605. The van der Waals surface area contributed by atoms with Gasteiger partial charge in [0.2, 0.25) is 0 Å². The van der Waals surface area contributed by atoms with Gasteiger partial charge in [0.25, 0.3) is 5.91 Å². The number of carbonyl (C=O) groups is 1. The molecule has 1 saturated carbocycles. The van der Waals surface area contributed by atoms with Crippen LogP contribution in [-0.4, -0.2) is 39.1 Å². The molecule has 0 aromatic carbocycles. The number of nitrogens with zero attached hydrogens (tertiary/aromatic N) is 4. The van der Waals surface area contributed by atoms with Crippen molar-refractivity contribution in [2.45, 2.75) is 31.6 Å². The molecule has 4 rings (SSSR count). The fraction of sp³-hybridized carbons (Fsp3) is 0.412. The predicted molar refractivity (Wildman–Crippen MR) is 82.8 cm³/mol. The molecule has 0 radical (unpaired) electrons. The Bertz CT molecular complexity index is 782. The van der Waals surface area contributed by atoms with E-state index < -0.39 is 0 Å². The highest BCUT2D eigenvalue weighted by atomic mass is 16.2. The van der Waals surface area contributed by atoms with Crippen molar-refractivity contribution >= 4 is 5.91 Å². The SMILES string of the molecule is N#Cc1ccc(C(=O)N2CCc3[nH]nc(C4CC4)c3CC2)cn1. The zero-order valence-corrected chi connectivity index (χ0v) is 12.7. The Balaban J connectivity index is 1.50. The minimum absolute atomic E-state index is 0.0203. The second kappa shape index (κ2) is 5.51. The summed E-state index contributed by atoms with van der Waals surface area (Å²) in [5.41, 5.74) is 4.58. The van der Waals surface area contributed by atoms with Crippen LogP contribution in [0.25, 0.3) is 0 Å². The van der Waals surface area contributed by atoms with Gasteiger partial charge in [-0.1, -0.05) is 0 Å². The van der Waals surface area contributed by atoms with Crippen LogP contribution in [0.5, 0.6) is 0 Å². The van der Waals surface area contributed by atoms with Crippen molar-refractivity contribution in [2.24, 2.45) is 0 Å².